The second-order valence-corrected chi connectivity index (χ2v) is 3.39. The first-order chi connectivity index (χ1) is 7.65. The largest absolute Gasteiger partial charge is 0.493 e. The fourth-order valence-corrected chi connectivity index (χ4v) is 1.30. The molecular weight excluding hydrogens is 208 g/mol. The van der Waals surface area contributed by atoms with Gasteiger partial charge >= 0.3 is 5.97 Å². The van der Waals surface area contributed by atoms with Crippen LogP contribution in [-0.2, 0) is 9.53 Å². The van der Waals surface area contributed by atoms with Crippen LogP contribution in [0.3, 0.4) is 0 Å². The number of hydrogen-bond acceptors (Lipinski definition) is 4. The number of para-hydroxylation sites is 1. The van der Waals surface area contributed by atoms with E-state index >= 15 is 0 Å². The molecule has 0 saturated heterocycles. The van der Waals surface area contributed by atoms with E-state index in [4.69, 9.17) is 4.74 Å². The van der Waals surface area contributed by atoms with Gasteiger partial charge in [-0.2, -0.15) is 0 Å². The van der Waals surface area contributed by atoms with Gasteiger partial charge in [-0.25, -0.2) is 0 Å². The fraction of sp³-hybridized carbons (Fsp3) is 0.417. The smallest absolute Gasteiger partial charge is 0.308 e. The lowest BCUT2D eigenvalue weighted by molar-refractivity contribution is -0.141. The van der Waals surface area contributed by atoms with E-state index in [1.807, 2.05) is 12.1 Å². The lowest BCUT2D eigenvalue weighted by Crippen LogP contribution is -2.08. The molecule has 16 heavy (non-hydrogen) atoms. The summed E-state index contributed by atoms with van der Waals surface area (Å²) in [6.45, 7) is 1.92. The Morgan fingerprint density at radius 3 is 2.75 bits per heavy atom. The molecule has 1 N–H and O–H groups in total. The van der Waals surface area contributed by atoms with Gasteiger partial charge in [0, 0.05) is 5.56 Å². The molecule has 0 amide bonds. The van der Waals surface area contributed by atoms with Crippen LogP contribution in [-0.4, -0.2) is 24.8 Å². The predicted octanol–water partition coefficient (Wildman–Crippen LogP) is 1.68. The lowest BCUT2D eigenvalue weighted by Gasteiger charge is -2.12. The molecule has 1 aromatic rings. The minimum Gasteiger partial charge on any atom is -0.493 e. The Labute approximate surface area is 94.8 Å². The summed E-state index contributed by atoms with van der Waals surface area (Å²) in [4.78, 5) is 10.9. The molecule has 1 rings (SSSR count). The zero-order chi connectivity index (χ0) is 12.0. The Morgan fingerprint density at radius 1 is 1.44 bits per heavy atom. The molecule has 0 heterocycles. The van der Waals surface area contributed by atoms with Crippen molar-refractivity contribution in [2.45, 2.75) is 19.4 Å². The van der Waals surface area contributed by atoms with Crippen molar-refractivity contribution in [3.63, 3.8) is 0 Å². The van der Waals surface area contributed by atoms with Crippen molar-refractivity contribution in [2.75, 3.05) is 13.7 Å². The van der Waals surface area contributed by atoms with E-state index in [1.165, 1.54) is 7.11 Å². The minimum atomic E-state index is -0.589. The van der Waals surface area contributed by atoms with Crippen LogP contribution >= 0.6 is 0 Å². The van der Waals surface area contributed by atoms with Crippen LogP contribution < -0.4 is 4.74 Å². The zero-order valence-electron chi connectivity index (χ0n) is 9.47. The van der Waals surface area contributed by atoms with Gasteiger partial charge in [-0.3, -0.25) is 4.79 Å². The van der Waals surface area contributed by atoms with Crippen molar-refractivity contribution in [3.05, 3.63) is 29.8 Å². The molecule has 0 bridgehead atoms. The first-order valence-electron chi connectivity index (χ1n) is 5.11. The Bertz CT molecular complexity index is 347. The molecule has 0 radical (unpaired) electrons. The molecule has 0 saturated carbocycles. The van der Waals surface area contributed by atoms with Gasteiger partial charge in [0.2, 0.25) is 0 Å². The van der Waals surface area contributed by atoms with E-state index in [9.17, 15) is 9.90 Å². The number of ether oxygens (including phenoxy) is 2. The molecule has 0 unspecified atom stereocenters. The Hall–Kier alpha value is -1.55. The highest BCUT2D eigenvalue weighted by atomic mass is 16.5. The monoisotopic (exact) mass is 224 g/mol. The molecule has 0 aliphatic rings. The summed E-state index contributed by atoms with van der Waals surface area (Å²) in [5.41, 5.74) is 0.715. The SMILES string of the molecule is COC(=O)CCOc1ccccc1[C@@H](C)O. The highest BCUT2D eigenvalue weighted by Crippen LogP contribution is 2.24. The summed E-state index contributed by atoms with van der Waals surface area (Å²) < 4.78 is 9.91. The van der Waals surface area contributed by atoms with Gasteiger partial charge < -0.3 is 14.6 Å². The molecular formula is C12H16O4. The minimum absolute atomic E-state index is 0.199. The average Bonchev–Trinajstić information content (AvgIpc) is 2.29. The summed E-state index contributed by atoms with van der Waals surface area (Å²) in [6.07, 6.45) is -0.390. The standard InChI is InChI=1S/C12H16O4/c1-9(13)10-5-3-4-6-11(10)16-8-7-12(14)15-2/h3-6,9,13H,7-8H2,1-2H3/t9-/m1/s1. The quantitative estimate of drug-likeness (QED) is 0.773. The molecule has 0 fully saturated rings. The molecule has 1 atom stereocenters. The maximum Gasteiger partial charge on any atom is 0.308 e. The van der Waals surface area contributed by atoms with Crippen molar-refractivity contribution in [2.24, 2.45) is 0 Å². The van der Waals surface area contributed by atoms with Gasteiger partial charge in [0.1, 0.15) is 5.75 Å². The summed E-state index contributed by atoms with van der Waals surface area (Å²) in [7, 11) is 1.34. The number of hydrogen-bond donors (Lipinski definition) is 1. The number of rotatable bonds is 5. The fourth-order valence-electron chi connectivity index (χ4n) is 1.30. The van der Waals surface area contributed by atoms with Crippen LogP contribution in [0.15, 0.2) is 24.3 Å². The number of aliphatic hydroxyl groups excluding tert-OH is 1. The van der Waals surface area contributed by atoms with Gasteiger partial charge in [0.25, 0.3) is 0 Å². The van der Waals surface area contributed by atoms with Crippen molar-refractivity contribution in [1.82, 2.24) is 0 Å². The number of aliphatic hydroxyl groups is 1. The van der Waals surface area contributed by atoms with E-state index < -0.39 is 6.10 Å². The second-order valence-electron chi connectivity index (χ2n) is 3.39. The van der Waals surface area contributed by atoms with Crippen molar-refractivity contribution >= 4 is 5.97 Å². The van der Waals surface area contributed by atoms with Crippen molar-refractivity contribution < 1.29 is 19.4 Å². The maximum atomic E-state index is 10.9. The molecule has 0 aliphatic heterocycles. The Kier molecular flexibility index (Phi) is 4.79. The van der Waals surface area contributed by atoms with Crippen LogP contribution in [0.2, 0.25) is 0 Å². The van der Waals surface area contributed by atoms with Crippen LogP contribution in [0, 0.1) is 0 Å². The van der Waals surface area contributed by atoms with Crippen LogP contribution in [0.1, 0.15) is 25.0 Å². The average molecular weight is 224 g/mol. The number of methoxy groups -OCH3 is 1. The number of benzene rings is 1. The van der Waals surface area contributed by atoms with Crippen LogP contribution in [0.25, 0.3) is 0 Å². The normalized spacial score (nSPS) is 11.9. The number of carbonyl (C=O) groups excluding carboxylic acids is 1. The first kappa shape index (κ1) is 12.5. The van der Waals surface area contributed by atoms with Gasteiger partial charge in [-0.1, -0.05) is 18.2 Å². The molecule has 1 aromatic carbocycles. The predicted molar refractivity (Wildman–Crippen MR) is 59.2 cm³/mol. The maximum absolute atomic E-state index is 10.9. The van der Waals surface area contributed by atoms with Gasteiger partial charge in [0.15, 0.2) is 0 Å². The third kappa shape index (κ3) is 3.55. The Morgan fingerprint density at radius 2 is 2.12 bits per heavy atom. The Balaban J connectivity index is 2.56. The van der Waals surface area contributed by atoms with E-state index in [-0.39, 0.29) is 19.0 Å². The summed E-state index contributed by atoms with van der Waals surface area (Å²) >= 11 is 0. The third-order valence-electron chi connectivity index (χ3n) is 2.16. The first-order valence-corrected chi connectivity index (χ1v) is 5.11. The zero-order valence-corrected chi connectivity index (χ0v) is 9.47. The molecule has 4 nitrogen and oxygen atoms in total. The highest BCUT2D eigenvalue weighted by molar-refractivity contribution is 5.69. The van der Waals surface area contributed by atoms with Crippen LogP contribution in [0.4, 0.5) is 0 Å². The van der Waals surface area contributed by atoms with E-state index in [2.05, 4.69) is 4.74 Å². The lowest BCUT2D eigenvalue weighted by atomic mass is 10.1. The van der Waals surface area contributed by atoms with E-state index in [0.717, 1.165) is 0 Å². The van der Waals surface area contributed by atoms with Gasteiger partial charge in [-0.05, 0) is 13.0 Å². The highest BCUT2D eigenvalue weighted by Gasteiger charge is 2.08. The molecule has 0 spiro atoms. The van der Waals surface area contributed by atoms with Crippen LogP contribution in [0.5, 0.6) is 5.75 Å². The second kappa shape index (κ2) is 6.12. The summed E-state index contributed by atoms with van der Waals surface area (Å²) in [5.74, 6) is 0.288. The third-order valence-corrected chi connectivity index (χ3v) is 2.16. The molecule has 88 valence electrons. The van der Waals surface area contributed by atoms with Gasteiger partial charge in [0.05, 0.1) is 26.2 Å². The van der Waals surface area contributed by atoms with E-state index in [0.29, 0.717) is 11.3 Å². The summed E-state index contributed by atoms with van der Waals surface area (Å²) in [5, 5.41) is 9.49. The summed E-state index contributed by atoms with van der Waals surface area (Å²) in [6, 6.07) is 7.20. The van der Waals surface area contributed by atoms with Crippen molar-refractivity contribution in [1.29, 1.82) is 0 Å². The molecule has 4 heteroatoms. The number of carbonyl (C=O) groups is 1. The number of esters is 1. The van der Waals surface area contributed by atoms with Crippen molar-refractivity contribution in [3.8, 4) is 5.75 Å². The van der Waals surface area contributed by atoms with E-state index in [1.54, 1.807) is 19.1 Å². The molecule has 0 aromatic heterocycles. The molecule has 0 aliphatic carbocycles. The van der Waals surface area contributed by atoms with Gasteiger partial charge in [-0.15, -0.1) is 0 Å². The topological polar surface area (TPSA) is 55.8 Å².